The van der Waals surface area contributed by atoms with Crippen molar-refractivity contribution in [2.75, 3.05) is 0 Å². The second-order valence-electron chi connectivity index (χ2n) is 5.93. The molecule has 0 aromatic rings. The van der Waals surface area contributed by atoms with Crippen LogP contribution in [0.2, 0.25) is 0 Å². The summed E-state index contributed by atoms with van der Waals surface area (Å²) < 4.78 is 0. The van der Waals surface area contributed by atoms with Gasteiger partial charge in [-0.25, -0.2) is 0 Å². The SMILES string of the molecule is CC1(C)CCCCC1NOC1CCCC1. The molecule has 0 radical (unpaired) electrons. The van der Waals surface area contributed by atoms with Crippen LogP contribution in [0.25, 0.3) is 0 Å². The normalized spacial score (nSPS) is 32.0. The highest BCUT2D eigenvalue weighted by Crippen LogP contribution is 2.35. The van der Waals surface area contributed by atoms with Gasteiger partial charge in [0.25, 0.3) is 0 Å². The minimum absolute atomic E-state index is 0.414. The van der Waals surface area contributed by atoms with Crippen molar-refractivity contribution in [3.05, 3.63) is 0 Å². The van der Waals surface area contributed by atoms with Gasteiger partial charge in [0.1, 0.15) is 0 Å². The van der Waals surface area contributed by atoms with Gasteiger partial charge < -0.3 is 0 Å². The maximum absolute atomic E-state index is 5.83. The molecule has 1 N–H and O–H groups in total. The van der Waals surface area contributed by atoms with Crippen LogP contribution in [0.4, 0.5) is 0 Å². The standard InChI is InChI=1S/C13H25NO/c1-13(2)10-6-5-9-12(13)14-15-11-7-3-4-8-11/h11-12,14H,3-10H2,1-2H3. The van der Waals surface area contributed by atoms with Gasteiger partial charge >= 0.3 is 0 Å². The lowest BCUT2D eigenvalue weighted by atomic mass is 9.74. The zero-order valence-corrected chi connectivity index (χ0v) is 10.2. The fourth-order valence-electron chi connectivity index (χ4n) is 2.90. The average Bonchev–Trinajstić information content (AvgIpc) is 2.68. The molecular formula is C13H25NO. The van der Waals surface area contributed by atoms with Crippen LogP contribution in [0.3, 0.4) is 0 Å². The average molecular weight is 211 g/mol. The number of hydroxylamine groups is 1. The highest BCUT2D eigenvalue weighted by molar-refractivity contribution is 4.86. The van der Waals surface area contributed by atoms with Crippen LogP contribution in [-0.4, -0.2) is 12.1 Å². The van der Waals surface area contributed by atoms with E-state index in [1.807, 2.05) is 0 Å². The first kappa shape index (κ1) is 11.4. The summed E-state index contributed by atoms with van der Waals surface area (Å²) in [5.74, 6) is 0. The molecule has 15 heavy (non-hydrogen) atoms. The van der Waals surface area contributed by atoms with Crippen molar-refractivity contribution < 1.29 is 4.84 Å². The summed E-state index contributed by atoms with van der Waals surface area (Å²) in [6, 6.07) is 0.562. The summed E-state index contributed by atoms with van der Waals surface area (Å²) in [4.78, 5) is 5.83. The Morgan fingerprint density at radius 2 is 1.67 bits per heavy atom. The summed E-state index contributed by atoms with van der Waals surface area (Å²) in [5.41, 5.74) is 3.77. The van der Waals surface area contributed by atoms with Crippen LogP contribution in [0, 0.1) is 5.41 Å². The lowest BCUT2D eigenvalue weighted by molar-refractivity contribution is -0.0713. The third kappa shape index (κ3) is 2.94. The van der Waals surface area contributed by atoms with Gasteiger partial charge in [0.15, 0.2) is 0 Å². The highest BCUT2D eigenvalue weighted by Gasteiger charge is 2.32. The molecule has 0 heterocycles. The van der Waals surface area contributed by atoms with Crippen molar-refractivity contribution in [3.63, 3.8) is 0 Å². The molecule has 2 nitrogen and oxygen atoms in total. The van der Waals surface area contributed by atoms with E-state index in [1.165, 1.54) is 51.4 Å². The topological polar surface area (TPSA) is 21.3 Å². The minimum Gasteiger partial charge on any atom is -0.298 e. The predicted octanol–water partition coefficient (Wildman–Crippen LogP) is 3.42. The fraction of sp³-hybridized carbons (Fsp3) is 1.00. The molecule has 1 atom stereocenters. The van der Waals surface area contributed by atoms with E-state index in [0.29, 0.717) is 17.6 Å². The van der Waals surface area contributed by atoms with E-state index >= 15 is 0 Å². The number of rotatable bonds is 3. The summed E-state index contributed by atoms with van der Waals surface area (Å²) in [6.07, 6.45) is 11.0. The van der Waals surface area contributed by atoms with Crippen LogP contribution in [0.1, 0.15) is 65.2 Å². The van der Waals surface area contributed by atoms with Crippen molar-refractivity contribution in [2.45, 2.75) is 77.4 Å². The van der Waals surface area contributed by atoms with Crippen LogP contribution in [0.5, 0.6) is 0 Å². The lowest BCUT2D eigenvalue weighted by Gasteiger charge is -2.39. The second kappa shape index (κ2) is 4.84. The Labute approximate surface area is 93.7 Å². The van der Waals surface area contributed by atoms with Crippen molar-refractivity contribution in [3.8, 4) is 0 Å². The molecule has 2 saturated carbocycles. The Balaban J connectivity index is 1.76. The summed E-state index contributed by atoms with van der Waals surface area (Å²) in [6.45, 7) is 4.73. The Morgan fingerprint density at radius 1 is 1.00 bits per heavy atom. The molecule has 0 aromatic carbocycles. The molecular weight excluding hydrogens is 186 g/mol. The second-order valence-corrected chi connectivity index (χ2v) is 5.93. The summed E-state index contributed by atoms with van der Waals surface area (Å²) in [5, 5.41) is 0. The first-order valence-electron chi connectivity index (χ1n) is 6.60. The first-order chi connectivity index (χ1) is 7.18. The molecule has 0 saturated heterocycles. The van der Waals surface area contributed by atoms with E-state index in [-0.39, 0.29) is 0 Å². The van der Waals surface area contributed by atoms with Crippen LogP contribution < -0.4 is 5.48 Å². The Hall–Kier alpha value is -0.0800. The molecule has 0 amide bonds. The zero-order chi connectivity index (χ0) is 10.7. The smallest absolute Gasteiger partial charge is 0.0790 e. The van der Waals surface area contributed by atoms with Crippen molar-refractivity contribution in [1.29, 1.82) is 0 Å². The van der Waals surface area contributed by atoms with Crippen LogP contribution in [0.15, 0.2) is 0 Å². The van der Waals surface area contributed by atoms with Gasteiger partial charge in [-0.2, -0.15) is 5.48 Å². The molecule has 2 heteroatoms. The highest BCUT2D eigenvalue weighted by atomic mass is 16.7. The van der Waals surface area contributed by atoms with Crippen molar-refractivity contribution in [2.24, 2.45) is 5.41 Å². The molecule has 2 rings (SSSR count). The Bertz CT molecular complexity index is 197. The fourth-order valence-corrected chi connectivity index (χ4v) is 2.90. The van der Waals surface area contributed by atoms with Gasteiger partial charge in [-0.1, -0.05) is 39.5 Å². The van der Waals surface area contributed by atoms with Gasteiger partial charge in [0.05, 0.1) is 6.10 Å². The third-order valence-electron chi connectivity index (χ3n) is 4.19. The number of nitrogens with one attached hydrogen (secondary N) is 1. The van der Waals surface area contributed by atoms with Crippen LogP contribution in [-0.2, 0) is 4.84 Å². The molecule has 0 bridgehead atoms. The van der Waals surface area contributed by atoms with Crippen molar-refractivity contribution >= 4 is 0 Å². The molecule has 2 fully saturated rings. The van der Waals surface area contributed by atoms with E-state index < -0.39 is 0 Å². The van der Waals surface area contributed by atoms with Gasteiger partial charge in [-0.3, -0.25) is 4.84 Å². The minimum atomic E-state index is 0.414. The van der Waals surface area contributed by atoms with Gasteiger partial charge in [-0.05, 0) is 31.1 Å². The first-order valence-corrected chi connectivity index (χ1v) is 6.60. The Morgan fingerprint density at radius 3 is 2.33 bits per heavy atom. The largest absolute Gasteiger partial charge is 0.298 e. The monoisotopic (exact) mass is 211 g/mol. The predicted molar refractivity (Wildman–Crippen MR) is 62.5 cm³/mol. The molecule has 0 spiro atoms. The molecule has 0 aromatic heterocycles. The molecule has 1 unspecified atom stereocenters. The van der Waals surface area contributed by atoms with Crippen LogP contribution >= 0.6 is 0 Å². The maximum atomic E-state index is 5.83. The maximum Gasteiger partial charge on any atom is 0.0790 e. The molecule has 2 aliphatic carbocycles. The van der Waals surface area contributed by atoms with Gasteiger partial charge in [0, 0.05) is 6.04 Å². The van der Waals surface area contributed by atoms with E-state index in [9.17, 15) is 0 Å². The van der Waals surface area contributed by atoms with Crippen molar-refractivity contribution in [1.82, 2.24) is 5.48 Å². The quantitative estimate of drug-likeness (QED) is 0.722. The van der Waals surface area contributed by atoms with E-state index in [1.54, 1.807) is 0 Å². The lowest BCUT2D eigenvalue weighted by Crippen LogP contribution is -2.45. The van der Waals surface area contributed by atoms with E-state index in [4.69, 9.17) is 4.84 Å². The number of hydrogen-bond donors (Lipinski definition) is 1. The summed E-state index contributed by atoms with van der Waals surface area (Å²) >= 11 is 0. The molecule has 2 aliphatic rings. The molecule has 0 aliphatic heterocycles. The zero-order valence-electron chi connectivity index (χ0n) is 10.2. The third-order valence-corrected chi connectivity index (χ3v) is 4.19. The van der Waals surface area contributed by atoms with Gasteiger partial charge in [0.2, 0.25) is 0 Å². The molecule has 88 valence electrons. The van der Waals surface area contributed by atoms with Gasteiger partial charge in [-0.15, -0.1) is 0 Å². The Kier molecular flexibility index (Phi) is 3.68. The summed E-state index contributed by atoms with van der Waals surface area (Å²) in [7, 11) is 0. The number of hydrogen-bond acceptors (Lipinski definition) is 2. The van der Waals surface area contributed by atoms with E-state index in [0.717, 1.165) is 0 Å². The van der Waals surface area contributed by atoms with E-state index in [2.05, 4.69) is 19.3 Å².